The normalized spacial score (nSPS) is 10.5. The van der Waals surface area contributed by atoms with Crippen molar-refractivity contribution in [2.45, 2.75) is 5.38 Å². The van der Waals surface area contributed by atoms with Crippen molar-refractivity contribution in [2.24, 2.45) is 0 Å². The minimum Gasteiger partial charge on any atom is -0.395 e. The van der Waals surface area contributed by atoms with E-state index in [2.05, 4.69) is 0 Å². The first kappa shape index (κ1) is 21.0. The van der Waals surface area contributed by atoms with Crippen LogP contribution in [0.2, 0.25) is 0 Å². The Labute approximate surface area is 116 Å². The second-order valence-corrected chi connectivity index (χ2v) is 4.13. The van der Waals surface area contributed by atoms with Gasteiger partial charge in [0.1, 0.15) is 0 Å². The predicted octanol–water partition coefficient (Wildman–Crippen LogP) is 3.75. The molecule has 0 aliphatic carbocycles. The maximum absolute atomic E-state index is 8.12. The van der Waals surface area contributed by atoms with E-state index < -0.39 is 0 Å². The second kappa shape index (κ2) is 24.1. The summed E-state index contributed by atoms with van der Waals surface area (Å²) in [5.41, 5.74) is 0. The largest absolute Gasteiger partial charge is 0.395 e. The van der Waals surface area contributed by atoms with E-state index in [0.717, 1.165) is 0 Å². The molecule has 0 aliphatic rings. The average Bonchev–Trinajstić information content (AvgIpc) is 2.28. The van der Waals surface area contributed by atoms with Gasteiger partial charge in [0.15, 0.2) is 0 Å². The molecule has 0 aromatic rings. The van der Waals surface area contributed by atoms with Crippen LogP contribution in [0.3, 0.4) is 0 Å². The molecule has 0 aliphatic heterocycles. The number of halogens is 6. The van der Waals surface area contributed by atoms with Gasteiger partial charge in [-0.2, -0.15) is 0 Å². The van der Waals surface area contributed by atoms with Crippen molar-refractivity contribution in [3.8, 4) is 0 Å². The van der Waals surface area contributed by atoms with Crippen molar-refractivity contribution in [3.05, 3.63) is 0 Å². The molecule has 0 rings (SSSR count). The van der Waals surface area contributed by atoms with Crippen molar-refractivity contribution in [2.75, 3.05) is 36.0 Å². The Hall–Kier alpha value is 1.70. The van der Waals surface area contributed by atoms with Gasteiger partial charge in [0.2, 0.25) is 0 Å². The molecule has 0 aromatic carbocycles. The van der Waals surface area contributed by atoms with Gasteiger partial charge in [0.05, 0.1) is 12.0 Å². The molecule has 0 aromatic heterocycles. The van der Waals surface area contributed by atoms with Crippen LogP contribution >= 0.6 is 69.6 Å². The van der Waals surface area contributed by atoms with Crippen molar-refractivity contribution >= 4 is 69.6 Å². The van der Waals surface area contributed by atoms with Gasteiger partial charge >= 0.3 is 0 Å². The van der Waals surface area contributed by atoms with Gasteiger partial charge in [-0.3, -0.25) is 0 Å². The fourth-order valence-corrected chi connectivity index (χ4v) is 0.146. The Morgan fingerprint density at radius 2 is 1.07 bits per heavy atom. The zero-order valence-corrected chi connectivity index (χ0v) is 12.1. The van der Waals surface area contributed by atoms with Crippen molar-refractivity contribution in [3.63, 3.8) is 0 Å². The zero-order chi connectivity index (χ0) is 11.8. The Morgan fingerprint density at radius 3 is 1.07 bits per heavy atom. The third kappa shape index (κ3) is 37.3. The summed E-state index contributed by atoms with van der Waals surface area (Å²) in [6, 6.07) is 0. The third-order valence-electron chi connectivity index (χ3n) is 0.508. The van der Waals surface area contributed by atoms with Gasteiger partial charge in [0.25, 0.3) is 0 Å². The summed E-state index contributed by atoms with van der Waals surface area (Å²) in [5.74, 6) is 2.55. The van der Waals surface area contributed by atoms with Gasteiger partial charge in [-0.1, -0.05) is 0 Å². The van der Waals surface area contributed by atoms with Gasteiger partial charge in [-0.05, 0) is 0 Å². The highest BCUT2D eigenvalue weighted by Gasteiger charge is 1.95. The van der Waals surface area contributed by atoms with Gasteiger partial charge < -0.3 is 5.11 Å². The number of alkyl halides is 6. The van der Waals surface area contributed by atoms with Gasteiger partial charge in [0, 0.05) is 29.4 Å². The van der Waals surface area contributed by atoms with E-state index in [1.165, 1.54) is 0 Å². The summed E-state index contributed by atoms with van der Waals surface area (Å²) in [5, 5.41) is 7.85. The van der Waals surface area contributed by atoms with Gasteiger partial charge in [-0.15, -0.1) is 69.6 Å². The van der Waals surface area contributed by atoms with E-state index in [0.29, 0.717) is 29.4 Å². The molecule has 1 atom stereocenters. The van der Waals surface area contributed by atoms with Crippen LogP contribution in [0.4, 0.5) is 0 Å². The summed E-state index contributed by atoms with van der Waals surface area (Å²) in [6.45, 7) is -0.0367. The highest BCUT2D eigenvalue weighted by atomic mass is 35.5. The maximum Gasteiger partial charge on any atom is 0.0702 e. The summed E-state index contributed by atoms with van der Waals surface area (Å²) in [4.78, 5) is 0. The molecule has 0 saturated heterocycles. The molecule has 0 radical (unpaired) electrons. The Bertz CT molecular complexity index is 63.2. The van der Waals surface area contributed by atoms with Crippen molar-refractivity contribution in [1.29, 1.82) is 0 Å². The quantitative estimate of drug-likeness (QED) is 0.780. The van der Waals surface area contributed by atoms with Crippen LogP contribution in [0.1, 0.15) is 0 Å². The predicted molar refractivity (Wildman–Crippen MR) is 70.3 cm³/mol. The van der Waals surface area contributed by atoms with E-state index in [1.807, 2.05) is 0 Å². The lowest BCUT2D eigenvalue weighted by Crippen LogP contribution is -2.04. The van der Waals surface area contributed by atoms with E-state index in [4.69, 9.17) is 74.7 Å². The Morgan fingerprint density at radius 1 is 0.786 bits per heavy atom. The minimum absolute atomic E-state index is 0.0367. The summed E-state index contributed by atoms with van der Waals surface area (Å²) in [6.07, 6.45) is 0. The molecule has 0 spiro atoms. The van der Waals surface area contributed by atoms with Crippen LogP contribution < -0.4 is 0 Å². The fourth-order valence-electron chi connectivity index (χ4n) is 0.0488. The number of rotatable bonds is 4. The lowest BCUT2D eigenvalue weighted by molar-refractivity contribution is 0.299. The molecule has 0 saturated carbocycles. The van der Waals surface area contributed by atoms with Crippen LogP contribution in [0.15, 0.2) is 0 Å². The Kier molecular flexibility index (Phi) is 36.2. The molecule has 1 unspecified atom stereocenters. The average molecular weight is 327 g/mol. The highest BCUT2D eigenvalue weighted by molar-refractivity contribution is 6.28. The van der Waals surface area contributed by atoms with Crippen LogP contribution in [0.5, 0.6) is 0 Å². The smallest absolute Gasteiger partial charge is 0.0702 e. The first-order valence-corrected chi connectivity index (χ1v) is 6.80. The Balaban J connectivity index is -0.000000135. The summed E-state index contributed by atoms with van der Waals surface area (Å²) < 4.78 is 0. The molecular formula is C7H14Cl6O. The number of hydrogen-bond donors (Lipinski definition) is 1. The van der Waals surface area contributed by atoms with Crippen molar-refractivity contribution in [1.82, 2.24) is 0 Å². The number of hydrogen-bond acceptors (Lipinski definition) is 1. The van der Waals surface area contributed by atoms with Crippen molar-refractivity contribution < 1.29 is 5.11 Å². The van der Waals surface area contributed by atoms with Crippen LogP contribution in [-0.4, -0.2) is 46.5 Å². The van der Waals surface area contributed by atoms with E-state index >= 15 is 0 Å². The summed E-state index contributed by atoms with van der Waals surface area (Å²) in [7, 11) is 0. The molecule has 7 heteroatoms. The standard InChI is InChI=1S/C3H6Cl2O.2C2H4Cl2/c4-1-3(5)2-6;2*3-1-2-4/h3,6H,1-2H2;2*1-2H2. The number of aliphatic hydroxyl groups is 1. The SMILES string of the molecule is ClCCCl.ClCCCl.OCC(Cl)CCl. The van der Waals surface area contributed by atoms with Crippen LogP contribution in [0, 0.1) is 0 Å². The molecule has 0 heterocycles. The topological polar surface area (TPSA) is 20.2 Å². The first-order chi connectivity index (χ1) is 6.64. The fraction of sp³-hybridized carbons (Fsp3) is 1.00. The second-order valence-electron chi connectivity index (χ2n) is 1.69. The molecule has 0 amide bonds. The van der Waals surface area contributed by atoms with Crippen LogP contribution in [-0.2, 0) is 0 Å². The van der Waals surface area contributed by atoms with Crippen LogP contribution in [0.25, 0.3) is 0 Å². The lowest BCUT2D eigenvalue weighted by Gasteiger charge is -1.93. The van der Waals surface area contributed by atoms with E-state index in [1.54, 1.807) is 0 Å². The monoisotopic (exact) mass is 324 g/mol. The first-order valence-electron chi connectivity index (χ1n) is 3.69. The third-order valence-corrected chi connectivity index (χ3v) is 2.47. The molecule has 1 nitrogen and oxygen atoms in total. The highest BCUT2D eigenvalue weighted by Crippen LogP contribution is 1.94. The summed E-state index contributed by atoms with van der Waals surface area (Å²) >= 11 is 30.6. The molecule has 14 heavy (non-hydrogen) atoms. The zero-order valence-electron chi connectivity index (χ0n) is 7.53. The molecule has 1 N–H and O–H groups in total. The molecule has 90 valence electrons. The molecular weight excluding hydrogens is 313 g/mol. The maximum atomic E-state index is 8.12. The van der Waals surface area contributed by atoms with Gasteiger partial charge in [-0.25, -0.2) is 0 Å². The number of aliphatic hydroxyl groups excluding tert-OH is 1. The minimum atomic E-state index is -0.272. The van der Waals surface area contributed by atoms with E-state index in [9.17, 15) is 0 Å². The van der Waals surface area contributed by atoms with E-state index in [-0.39, 0.29) is 12.0 Å². The molecule has 0 bridgehead atoms. The lowest BCUT2D eigenvalue weighted by atomic mass is 10.5. The molecule has 0 fully saturated rings.